The second kappa shape index (κ2) is 17.7. The number of hydrogen-bond acceptors (Lipinski definition) is 13. The molecule has 332 valence electrons. The van der Waals surface area contributed by atoms with E-state index in [-0.39, 0.29) is 59.4 Å². The maximum absolute atomic E-state index is 15.5. The Morgan fingerprint density at radius 1 is 1.06 bits per heavy atom. The first-order valence-electron chi connectivity index (χ1n) is 21.2. The van der Waals surface area contributed by atoms with Gasteiger partial charge in [0.15, 0.2) is 17.4 Å². The Labute approximate surface area is 367 Å². The van der Waals surface area contributed by atoms with Gasteiger partial charge in [0.1, 0.15) is 23.2 Å². The van der Waals surface area contributed by atoms with E-state index in [2.05, 4.69) is 20.1 Å². The van der Waals surface area contributed by atoms with Crippen LogP contribution in [-0.2, 0) is 16.6 Å². The van der Waals surface area contributed by atoms with Crippen molar-refractivity contribution in [1.29, 1.82) is 5.26 Å². The number of carbonyl (C=O) groups is 2. The summed E-state index contributed by atoms with van der Waals surface area (Å²) in [6.07, 6.45) is 5.37. The number of benzene rings is 3. The molecule has 2 aliphatic heterocycles. The van der Waals surface area contributed by atoms with E-state index < -0.39 is 23.1 Å². The fraction of sp³-hybridized carbons (Fsp3) is 0.455. The number of nitrogens with zero attached hydrogens (tertiary/aromatic N) is 8. The molecular weight excluding hydrogens is 833 g/mol. The van der Waals surface area contributed by atoms with Crippen molar-refractivity contribution in [2.75, 3.05) is 61.3 Å². The third-order valence-corrected chi connectivity index (χ3v) is 13.8. The number of piperidine rings is 2. The average molecular weight is 884 g/mol. The lowest BCUT2D eigenvalue weighted by Crippen LogP contribution is -2.52. The zero-order chi connectivity index (χ0) is 44.6. The summed E-state index contributed by atoms with van der Waals surface area (Å²) in [5.41, 5.74) is 5.74. The summed E-state index contributed by atoms with van der Waals surface area (Å²) in [4.78, 5) is 46.8. The van der Waals surface area contributed by atoms with Crippen molar-refractivity contribution in [2.45, 2.75) is 69.9 Å². The molecule has 2 amide bonds. The summed E-state index contributed by atoms with van der Waals surface area (Å²) in [5.74, 6) is -1.27. The van der Waals surface area contributed by atoms with Crippen LogP contribution in [0.15, 0.2) is 53.6 Å². The van der Waals surface area contributed by atoms with E-state index in [0.29, 0.717) is 78.0 Å². The van der Waals surface area contributed by atoms with Gasteiger partial charge in [0.2, 0.25) is 11.8 Å². The lowest BCUT2D eigenvalue weighted by atomic mass is 9.60. The SMILES string of the molecule is CCN(C)SNc1ccc(F)c(Oc2ccc3ncn(C4CC5(CCN(C(=O)CC6(O)CCN(c7cc8c(cc7F)c(NCCC(N)=O)nn8C)CC6)CC5)C4)c(=O)c3c2)c1C#N. The fourth-order valence-electron chi connectivity index (χ4n) is 9.05. The van der Waals surface area contributed by atoms with Gasteiger partial charge in [0.25, 0.3) is 5.56 Å². The highest BCUT2D eigenvalue weighted by atomic mass is 32.2. The number of anilines is 3. The third-order valence-electron chi connectivity index (χ3n) is 13.0. The number of likely N-dealkylation sites (tertiary alicyclic amines) is 1. The van der Waals surface area contributed by atoms with E-state index in [0.717, 1.165) is 32.2 Å². The van der Waals surface area contributed by atoms with Gasteiger partial charge < -0.3 is 35.4 Å². The number of nitrogens with two attached hydrogens (primary N) is 1. The molecule has 1 aliphatic carbocycles. The molecule has 1 saturated carbocycles. The molecule has 3 fully saturated rings. The Bertz CT molecular complexity index is 2660. The molecule has 2 aromatic heterocycles. The molecule has 5 aromatic rings. The van der Waals surface area contributed by atoms with Crippen LogP contribution in [0.5, 0.6) is 11.5 Å². The molecule has 1 spiro atoms. The Morgan fingerprint density at radius 2 is 1.81 bits per heavy atom. The fourth-order valence-corrected chi connectivity index (χ4v) is 9.61. The van der Waals surface area contributed by atoms with Gasteiger partial charge in [0.05, 0.1) is 46.1 Å². The van der Waals surface area contributed by atoms with Crippen molar-refractivity contribution in [2.24, 2.45) is 18.2 Å². The number of carbonyl (C=O) groups excluding carboxylic acids is 2. The molecule has 16 nitrogen and oxygen atoms in total. The molecule has 0 radical (unpaired) electrons. The molecule has 4 heterocycles. The number of hydrogen-bond donors (Lipinski definition) is 4. The number of ether oxygens (including phenoxy) is 1. The quantitative estimate of drug-likeness (QED) is 0.0977. The third kappa shape index (κ3) is 8.97. The number of rotatable bonds is 14. The Hall–Kier alpha value is -5.97. The number of aryl methyl sites for hydroxylation is 1. The minimum Gasteiger partial charge on any atom is -0.453 e. The number of primary amides is 1. The summed E-state index contributed by atoms with van der Waals surface area (Å²) >= 11 is 1.27. The second-order valence-corrected chi connectivity index (χ2v) is 18.1. The molecule has 0 bridgehead atoms. The van der Waals surface area contributed by atoms with Crippen molar-refractivity contribution in [3.8, 4) is 17.6 Å². The second-order valence-electron chi connectivity index (χ2n) is 17.1. The average Bonchev–Trinajstić information content (AvgIpc) is 3.55. The van der Waals surface area contributed by atoms with E-state index in [4.69, 9.17) is 10.5 Å². The van der Waals surface area contributed by atoms with Crippen LogP contribution >= 0.6 is 12.1 Å². The lowest BCUT2D eigenvalue weighted by molar-refractivity contribution is -0.141. The molecule has 5 N–H and O–H groups in total. The van der Waals surface area contributed by atoms with Crippen LogP contribution in [0.2, 0.25) is 0 Å². The first kappa shape index (κ1) is 43.7. The van der Waals surface area contributed by atoms with Crippen LogP contribution in [-0.4, -0.2) is 97.4 Å². The van der Waals surface area contributed by atoms with Crippen LogP contribution in [0, 0.1) is 28.4 Å². The Morgan fingerprint density at radius 3 is 2.51 bits per heavy atom. The van der Waals surface area contributed by atoms with Gasteiger partial charge in [-0.15, -0.1) is 0 Å². The monoisotopic (exact) mass is 883 g/mol. The first-order valence-corrected chi connectivity index (χ1v) is 21.9. The summed E-state index contributed by atoms with van der Waals surface area (Å²) in [6.45, 7) is 4.86. The van der Waals surface area contributed by atoms with E-state index in [1.165, 1.54) is 36.4 Å². The standard InChI is InChI=1S/C44H51F2N11O5S/c1-4-53(2)63-52-35-8-6-32(45)40(31(35)25-47)62-28-5-7-34-29(19-28)42(60)57(26-50-34)27-22-43(23-27)10-15-56(16-11-43)39(59)24-44(61)12-17-55(18-13-44)37-21-36-30(20-33(37)46)41(51-54(36)3)49-14-9-38(48)58/h5-8,19-21,26-27,52,61H,4,9-18,22-24H2,1-3H3,(H2,48,58)(H,49,51). The van der Waals surface area contributed by atoms with Crippen molar-refractivity contribution < 1.29 is 28.2 Å². The molecule has 19 heteroatoms. The summed E-state index contributed by atoms with van der Waals surface area (Å²) < 4.78 is 44.8. The summed E-state index contributed by atoms with van der Waals surface area (Å²) in [7, 11) is 3.64. The highest BCUT2D eigenvalue weighted by Gasteiger charge is 2.48. The smallest absolute Gasteiger partial charge is 0.261 e. The minimum atomic E-state index is -1.21. The van der Waals surface area contributed by atoms with Gasteiger partial charge >= 0.3 is 0 Å². The van der Waals surface area contributed by atoms with Gasteiger partial charge in [-0.1, -0.05) is 6.92 Å². The van der Waals surface area contributed by atoms with Crippen LogP contribution < -0.4 is 31.0 Å². The van der Waals surface area contributed by atoms with Crippen LogP contribution in [0.1, 0.15) is 69.9 Å². The predicted molar refractivity (Wildman–Crippen MR) is 237 cm³/mol. The summed E-state index contributed by atoms with van der Waals surface area (Å²) in [6, 6.07) is 12.6. The highest BCUT2D eigenvalue weighted by molar-refractivity contribution is 7.98. The van der Waals surface area contributed by atoms with E-state index in [1.54, 1.807) is 40.8 Å². The normalized spacial score (nSPS) is 17.2. The van der Waals surface area contributed by atoms with E-state index in [1.807, 2.05) is 34.1 Å². The Kier molecular flexibility index (Phi) is 12.2. The molecule has 8 rings (SSSR count). The molecule has 0 atom stereocenters. The molecule has 3 aromatic carbocycles. The largest absolute Gasteiger partial charge is 0.453 e. The van der Waals surface area contributed by atoms with E-state index >= 15 is 8.78 Å². The van der Waals surface area contributed by atoms with Crippen LogP contribution in [0.3, 0.4) is 0 Å². The molecule has 3 aliphatic rings. The number of aliphatic hydroxyl groups is 1. The molecule has 2 saturated heterocycles. The van der Waals surface area contributed by atoms with Crippen molar-refractivity contribution in [1.82, 2.24) is 28.5 Å². The maximum Gasteiger partial charge on any atom is 0.261 e. The lowest BCUT2D eigenvalue weighted by Gasteiger charge is -2.52. The van der Waals surface area contributed by atoms with Gasteiger partial charge in [-0.3, -0.25) is 23.6 Å². The number of nitriles is 1. The van der Waals surface area contributed by atoms with Crippen LogP contribution in [0.4, 0.5) is 26.0 Å². The zero-order valence-corrected chi connectivity index (χ0v) is 36.3. The minimum absolute atomic E-state index is 0.00111. The Balaban J connectivity index is 0.851. The number of fused-ring (bicyclic) bond motifs is 2. The molecular formula is C44H51F2N11O5S. The predicted octanol–water partition coefficient (Wildman–Crippen LogP) is 5.80. The highest BCUT2D eigenvalue weighted by Crippen LogP contribution is 2.54. The van der Waals surface area contributed by atoms with Gasteiger partial charge in [0, 0.05) is 76.3 Å². The number of nitrogens with one attached hydrogen (secondary N) is 2. The zero-order valence-electron chi connectivity index (χ0n) is 35.5. The topological polar surface area (TPSA) is 200 Å². The molecule has 0 unspecified atom stereocenters. The maximum atomic E-state index is 15.5. The van der Waals surface area contributed by atoms with E-state index in [9.17, 15) is 24.8 Å². The first-order chi connectivity index (χ1) is 30.2. The molecule has 63 heavy (non-hydrogen) atoms. The number of aromatic nitrogens is 4. The summed E-state index contributed by atoms with van der Waals surface area (Å²) in [5, 5.41) is 29.9. The van der Waals surface area contributed by atoms with Crippen molar-refractivity contribution in [3.05, 3.63) is 76.3 Å². The van der Waals surface area contributed by atoms with Gasteiger partial charge in [-0.05, 0) is 93.5 Å². The van der Waals surface area contributed by atoms with Crippen molar-refractivity contribution in [3.63, 3.8) is 0 Å². The van der Waals surface area contributed by atoms with Gasteiger partial charge in [-0.25, -0.2) is 18.1 Å². The van der Waals surface area contributed by atoms with Crippen LogP contribution in [0.25, 0.3) is 21.8 Å². The number of amides is 2. The van der Waals surface area contributed by atoms with Crippen molar-refractivity contribution >= 4 is 62.9 Å². The van der Waals surface area contributed by atoms with Gasteiger partial charge in [-0.2, -0.15) is 10.4 Å². The number of halogens is 2.